The van der Waals surface area contributed by atoms with Crippen LogP contribution in [0.1, 0.15) is 71.1 Å². The van der Waals surface area contributed by atoms with E-state index in [2.05, 4.69) is 33.5 Å². The third kappa shape index (κ3) is 38.3. The third-order valence-corrected chi connectivity index (χ3v) is 2.35. The van der Waals surface area contributed by atoms with Crippen LogP contribution in [0.2, 0.25) is 13.1 Å². The number of unbranched alkanes of at least 4 members (excludes halogenated alkanes) is 9. The molecule has 0 fully saturated rings. The Balaban J connectivity index is -0.000000340. The summed E-state index contributed by atoms with van der Waals surface area (Å²) in [5, 5.41) is 0. The van der Waals surface area contributed by atoms with Gasteiger partial charge in [0.1, 0.15) is 0 Å². The molecular formula is C15H34MgSi. The van der Waals surface area contributed by atoms with Crippen molar-refractivity contribution in [2.24, 2.45) is 0 Å². The molecule has 100 valence electrons. The van der Waals surface area contributed by atoms with Crippen LogP contribution in [0, 0.1) is 13.5 Å². The van der Waals surface area contributed by atoms with E-state index in [1.807, 2.05) is 0 Å². The van der Waals surface area contributed by atoms with Gasteiger partial charge < -0.3 is 13.5 Å². The van der Waals surface area contributed by atoms with E-state index < -0.39 is 0 Å². The molecule has 2 heteroatoms. The summed E-state index contributed by atoms with van der Waals surface area (Å²) in [6.45, 7) is 14.3. The summed E-state index contributed by atoms with van der Waals surface area (Å²) >= 11 is 0. The van der Waals surface area contributed by atoms with Crippen LogP contribution in [0.4, 0.5) is 0 Å². The molecule has 0 rings (SSSR count). The second-order valence-electron chi connectivity index (χ2n) is 5.08. The van der Waals surface area contributed by atoms with Gasteiger partial charge in [0.15, 0.2) is 0 Å². The summed E-state index contributed by atoms with van der Waals surface area (Å²) in [4.78, 5) is 0. The smallest absolute Gasteiger partial charge is 0.345 e. The van der Waals surface area contributed by atoms with Crippen LogP contribution in [-0.2, 0) is 0 Å². The van der Waals surface area contributed by atoms with Crippen molar-refractivity contribution in [1.82, 2.24) is 0 Å². The van der Waals surface area contributed by atoms with Crippen molar-refractivity contribution < 1.29 is 0 Å². The average molecular weight is 267 g/mol. The van der Waals surface area contributed by atoms with E-state index in [0.717, 1.165) is 6.42 Å². The van der Waals surface area contributed by atoms with Crippen LogP contribution in [-0.4, -0.2) is 31.8 Å². The Kier molecular flexibility index (Phi) is 30.2. The Labute approximate surface area is 129 Å². The monoisotopic (exact) mass is 266 g/mol. The molecule has 0 heterocycles. The second-order valence-corrected chi connectivity index (χ2v) is 7.86. The van der Waals surface area contributed by atoms with Gasteiger partial charge in [-0.25, -0.2) is 0 Å². The normalized spacial score (nSPS) is 9.53. The minimum Gasteiger partial charge on any atom is -0.345 e. The first-order valence-electron chi connectivity index (χ1n) is 7.27. The Morgan fingerprint density at radius 3 is 1.35 bits per heavy atom. The Morgan fingerprint density at radius 1 is 0.765 bits per heavy atom. The summed E-state index contributed by atoms with van der Waals surface area (Å²) in [5.41, 5.74) is 0. The van der Waals surface area contributed by atoms with E-state index in [1.54, 1.807) is 0 Å². The maximum atomic E-state index is 3.84. The maximum Gasteiger partial charge on any atom is 2.00 e. The van der Waals surface area contributed by atoms with Gasteiger partial charge in [0, 0.05) is 0 Å². The molecule has 0 unspecified atom stereocenters. The van der Waals surface area contributed by atoms with E-state index >= 15 is 0 Å². The van der Waals surface area contributed by atoms with Crippen molar-refractivity contribution in [3.05, 3.63) is 13.5 Å². The van der Waals surface area contributed by atoms with Crippen molar-refractivity contribution in [2.45, 2.75) is 84.2 Å². The van der Waals surface area contributed by atoms with E-state index in [-0.39, 0.29) is 31.8 Å². The standard InChI is InChI=1S/C12H25.C3H9Si.Mg/c1-3-5-7-9-11-12-10-8-6-4-2;1-4(2)3;/h1,3-12H2,2H3;4H,1H2,2-3H3;/q2*-1;+2. The topological polar surface area (TPSA) is 0 Å². The molecule has 0 aliphatic rings. The molecule has 0 saturated carbocycles. The molecule has 0 radical (unpaired) electrons. The zero-order valence-electron chi connectivity index (χ0n) is 12.8. The molecule has 0 atom stereocenters. The van der Waals surface area contributed by atoms with Gasteiger partial charge in [-0.15, -0.1) is 8.80 Å². The van der Waals surface area contributed by atoms with E-state index in [0.29, 0.717) is 0 Å². The fourth-order valence-electron chi connectivity index (χ4n) is 1.49. The minimum absolute atomic E-state index is 0. The molecule has 0 N–H and O–H groups in total. The van der Waals surface area contributed by atoms with Gasteiger partial charge in [-0.05, 0) is 0 Å². The number of hydrogen-bond donors (Lipinski definition) is 0. The molecule has 0 aromatic carbocycles. The van der Waals surface area contributed by atoms with Gasteiger partial charge in [0.25, 0.3) is 0 Å². The number of rotatable bonds is 9. The first-order chi connectivity index (χ1) is 7.65. The van der Waals surface area contributed by atoms with Crippen LogP contribution in [0.3, 0.4) is 0 Å². The first kappa shape index (κ1) is 23.1. The van der Waals surface area contributed by atoms with Gasteiger partial charge >= 0.3 is 23.1 Å². The molecule has 0 nitrogen and oxygen atoms in total. The largest absolute Gasteiger partial charge is 2.00 e. The zero-order chi connectivity index (χ0) is 12.6. The molecule has 0 amide bonds. The zero-order valence-corrected chi connectivity index (χ0v) is 15.3. The fourth-order valence-corrected chi connectivity index (χ4v) is 1.49. The van der Waals surface area contributed by atoms with Gasteiger partial charge in [0.2, 0.25) is 0 Å². The van der Waals surface area contributed by atoms with Crippen LogP contribution >= 0.6 is 0 Å². The summed E-state index contributed by atoms with van der Waals surface area (Å²) < 4.78 is 0. The molecule has 0 saturated heterocycles. The van der Waals surface area contributed by atoms with Crippen LogP contribution in [0.5, 0.6) is 0 Å². The van der Waals surface area contributed by atoms with Crippen molar-refractivity contribution in [1.29, 1.82) is 0 Å². The molecule has 0 bridgehead atoms. The molecule has 17 heavy (non-hydrogen) atoms. The van der Waals surface area contributed by atoms with Crippen LogP contribution in [0.15, 0.2) is 0 Å². The average Bonchev–Trinajstić information content (AvgIpc) is 2.21. The second kappa shape index (κ2) is 22.2. The van der Waals surface area contributed by atoms with E-state index in [4.69, 9.17) is 0 Å². The van der Waals surface area contributed by atoms with Crippen LogP contribution < -0.4 is 0 Å². The summed E-state index contributed by atoms with van der Waals surface area (Å²) in [6, 6.07) is 0. The third-order valence-electron chi connectivity index (χ3n) is 2.35. The number of hydrogen-bond acceptors (Lipinski definition) is 0. The molecule has 0 spiro atoms. The van der Waals surface area contributed by atoms with E-state index in [1.165, 1.54) is 57.8 Å². The van der Waals surface area contributed by atoms with Crippen molar-refractivity contribution >= 4 is 31.8 Å². The van der Waals surface area contributed by atoms with Gasteiger partial charge in [-0.1, -0.05) is 77.8 Å². The molecule has 0 aliphatic heterocycles. The van der Waals surface area contributed by atoms with Gasteiger partial charge in [0.05, 0.1) is 0 Å². The van der Waals surface area contributed by atoms with Gasteiger partial charge in [-0.3, -0.25) is 0 Å². The Bertz CT molecular complexity index is 92.3. The Morgan fingerprint density at radius 2 is 1.06 bits per heavy atom. The quantitative estimate of drug-likeness (QED) is 0.305. The maximum absolute atomic E-state index is 3.84. The fraction of sp³-hybridized carbons (Fsp3) is 0.867. The summed E-state index contributed by atoms with van der Waals surface area (Å²) in [7, 11) is -0.389. The minimum atomic E-state index is -0.389. The van der Waals surface area contributed by atoms with Crippen molar-refractivity contribution in [3.8, 4) is 0 Å². The molecule has 0 aromatic heterocycles. The molecule has 0 aliphatic carbocycles. The van der Waals surface area contributed by atoms with E-state index in [9.17, 15) is 0 Å². The molecule has 0 aromatic rings. The first-order valence-corrected chi connectivity index (χ1v) is 10.4. The summed E-state index contributed by atoms with van der Waals surface area (Å²) in [6.07, 6.45) is 13.9. The van der Waals surface area contributed by atoms with Crippen LogP contribution in [0.25, 0.3) is 0 Å². The molecular weight excluding hydrogens is 233 g/mol. The van der Waals surface area contributed by atoms with Crippen molar-refractivity contribution in [3.63, 3.8) is 0 Å². The van der Waals surface area contributed by atoms with Gasteiger partial charge in [-0.2, -0.15) is 6.42 Å². The summed E-state index contributed by atoms with van der Waals surface area (Å²) in [5.74, 6) is 0. The SMILES string of the molecule is [CH2-]CCCCCCCCCCC.[CH2-][SiH](C)C.[Mg+2]. The van der Waals surface area contributed by atoms with Crippen molar-refractivity contribution in [2.75, 3.05) is 0 Å². The predicted molar refractivity (Wildman–Crippen MR) is 87.2 cm³/mol. The predicted octanol–water partition coefficient (Wildman–Crippen LogP) is 5.21. The Hall–Kier alpha value is 0.983.